The first-order chi connectivity index (χ1) is 14.9. The Bertz CT molecular complexity index is 1240. The summed E-state index contributed by atoms with van der Waals surface area (Å²) in [6, 6.07) is 5.16. The van der Waals surface area contributed by atoms with Crippen molar-refractivity contribution < 1.29 is 18.0 Å². The lowest BCUT2D eigenvalue weighted by atomic mass is 10.0. The van der Waals surface area contributed by atoms with Gasteiger partial charge in [-0.3, -0.25) is 5.10 Å². The van der Waals surface area contributed by atoms with E-state index in [-0.39, 0.29) is 11.2 Å². The number of carbonyl (C=O) groups excluding carboxylic acids is 1. The van der Waals surface area contributed by atoms with E-state index in [0.717, 1.165) is 11.6 Å². The molecule has 2 aliphatic heterocycles. The van der Waals surface area contributed by atoms with Crippen LogP contribution in [0.5, 0.6) is 0 Å². The van der Waals surface area contributed by atoms with Crippen LogP contribution in [0.15, 0.2) is 41.0 Å². The predicted molar refractivity (Wildman–Crippen MR) is 110 cm³/mol. The Morgan fingerprint density at radius 1 is 1.13 bits per heavy atom. The van der Waals surface area contributed by atoms with Crippen LogP contribution in [0.2, 0.25) is 5.15 Å². The number of aromatic amines is 1. The topological polar surface area (TPSA) is 64.6 Å². The van der Waals surface area contributed by atoms with Crippen LogP contribution in [-0.2, 0) is 0 Å². The van der Waals surface area contributed by atoms with Gasteiger partial charge in [-0.1, -0.05) is 11.6 Å². The number of amides is 2. The minimum Gasteiger partial charge on any atom is -0.315 e. The van der Waals surface area contributed by atoms with Crippen molar-refractivity contribution in [2.75, 3.05) is 13.1 Å². The van der Waals surface area contributed by atoms with Crippen LogP contribution in [0.3, 0.4) is 0 Å². The average molecular weight is 446 g/mol. The molecule has 6 nitrogen and oxygen atoms in total. The normalized spacial score (nSPS) is 18.1. The number of carbonyl (C=O) groups is 1. The van der Waals surface area contributed by atoms with Gasteiger partial charge in [0.05, 0.1) is 11.6 Å². The van der Waals surface area contributed by atoms with Gasteiger partial charge in [0.25, 0.3) is 0 Å². The Morgan fingerprint density at radius 3 is 2.61 bits per heavy atom. The van der Waals surface area contributed by atoms with Gasteiger partial charge in [0.1, 0.15) is 17.5 Å². The molecule has 10 heteroatoms. The lowest BCUT2D eigenvalue weighted by Gasteiger charge is -2.37. The third kappa shape index (κ3) is 3.54. The number of hydrazone groups is 1. The third-order valence-electron chi connectivity index (χ3n) is 5.35. The molecule has 5 rings (SSSR count). The van der Waals surface area contributed by atoms with Gasteiger partial charge in [0.2, 0.25) is 0 Å². The highest BCUT2D eigenvalue weighted by Crippen LogP contribution is 2.32. The van der Waals surface area contributed by atoms with Crippen LogP contribution < -0.4 is 0 Å². The number of hydrogen-bond donors (Lipinski definition) is 1. The Kier molecular flexibility index (Phi) is 4.70. The first-order valence-electron chi connectivity index (χ1n) is 9.48. The lowest BCUT2D eigenvalue weighted by Crippen LogP contribution is -2.49. The molecule has 3 heterocycles. The molecular weight excluding hydrogens is 431 g/mol. The van der Waals surface area contributed by atoms with E-state index in [4.69, 9.17) is 11.6 Å². The summed E-state index contributed by atoms with van der Waals surface area (Å²) in [7, 11) is 0. The number of likely N-dealkylation sites (tertiary alicyclic amines) is 1. The molecule has 0 saturated carbocycles. The number of benzene rings is 2. The first-order valence-corrected chi connectivity index (χ1v) is 9.86. The summed E-state index contributed by atoms with van der Waals surface area (Å²) >= 11 is 5.90. The second kappa shape index (κ2) is 7.42. The number of rotatable bonds is 2. The number of hydrogen-bond acceptors (Lipinski definition) is 3. The van der Waals surface area contributed by atoms with Crippen LogP contribution in [0.1, 0.15) is 23.6 Å². The second-order valence-electron chi connectivity index (χ2n) is 7.47. The minimum atomic E-state index is -0.707. The largest absolute Gasteiger partial charge is 0.341 e. The highest BCUT2D eigenvalue weighted by Gasteiger charge is 2.35. The molecule has 2 amide bonds. The Hall–Kier alpha value is -3.33. The second-order valence-corrected chi connectivity index (χ2v) is 7.83. The van der Waals surface area contributed by atoms with Gasteiger partial charge in [-0.2, -0.15) is 10.2 Å². The highest BCUT2D eigenvalue weighted by atomic mass is 35.5. The summed E-state index contributed by atoms with van der Waals surface area (Å²) in [5, 5.41) is 12.6. The highest BCUT2D eigenvalue weighted by molar-refractivity contribution is 6.34. The van der Waals surface area contributed by atoms with Crippen molar-refractivity contribution in [1.82, 2.24) is 20.1 Å². The molecule has 0 aliphatic carbocycles. The molecule has 0 radical (unpaired) electrons. The predicted octanol–water partition coefficient (Wildman–Crippen LogP) is 4.89. The standard InChI is InChI=1S/C21H15ClF3N5O/c22-20-16-8-17(25)12(6-18(16)27-28-20)3-11-9-29(10-11)21(31)30-19(1-2-26-30)13-4-14(23)7-15(24)5-13/h2-8,19H,1,9-10H2,(H,27,28). The van der Waals surface area contributed by atoms with Gasteiger partial charge < -0.3 is 4.90 Å². The quantitative estimate of drug-likeness (QED) is 0.610. The zero-order chi connectivity index (χ0) is 21.7. The van der Waals surface area contributed by atoms with E-state index in [9.17, 15) is 18.0 Å². The monoisotopic (exact) mass is 445 g/mol. The maximum Gasteiger partial charge on any atom is 0.341 e. The number of urea groups is 1. The van der Waals surface area contributed by atoms with Crippen LogP contribution >= 0.6 is 11.6 Å². The van der Waals surface area contributed by atoms with Crippen molar-refractivity contribution in [3.63, 3.8) is 0 Å². The van der Waals surface area contributed by atoms with Crippen molar-refractivity contribution >= 4 is 40.8 Å². The third-order valence-corrected chi connectivity index (χ3v) is 5.64. The molecule has 0 spiro atoms. The van der Waals surface area contributed by atoms with E-state index >= 15 is 0 Å². The van der Waals surface area contributed by atoms with Crippen molar-refractivity contribution in [3.8, 4) is 0 Å². The van der Waals surface area contributed by atoms with Gasteiger partial charge in [-0.05, 0) is 41.5 Å². The number of fused-ring (bicyclic) bond motifs is 1. The summed E-state index contributed by atoms with van der Waals surface area (Å²) < 4.78 is 41.6. The molecule has 1 atom stereocenters. The summed E-state index contributed by atoms with van der Waals surface area (Å²) in [4.78, 5) is 14.4. The summed E-state index contributed by atoms with van der Waals surface area (Å²) in [6.07, 6.45) is 3.59. The van der Waals surface area contributed by atoms with Gasteiger partial charge in [0, 0.05) is 42.7 Å². The molecule has 2 aromatic carbocycles. The zero-order valence-electron chi connectivity index (χ0n) is 15.9. The summed E-state index contributed by atoms with van der Waals surface area (Å²) in [6.45, 7) is 0.604. The van der Waals surface area contributed by atoms with E-state index in [1.807, 2.05) is 0 Å². The van der Waals surface area contributed by atoms with Gasteiger partial charge in [0.15, 0.2) is 5.15 Å². The van der Waals surface area contributed by atoms with E-state index in [1.165, 1.54) is 28.1 Å². The molecule has 1 saturated heterocycles. The van der Waals surface area contributed by atoms with Crippen molar-refractivity contribution in [2.24, 2.45) is 5.10 Å². The average Bonchev–Trinajstić information content (AvgIpc) is 3.31. The van der Waals surface area contributed by atoms with Gasteiger partial charge in [-0.25, -0.2) is 23.0 Å². The summed E-state index contributed by atoms with van der Waals surface area (Å²) in [5.74, 6) is -1.85. The molecule has 3 aromatic rings. The van der Waals surface area contributed by atoms with Crippen LogP contribution in [0, 0.1) is 17.5 Å². The fourth-order valence-electron chi connectivity index (χ4n) is 3.81. The molecular formula is C21H15ClF3N5O. The first kappa shape index (κ1) is 19.6. The van der Waals surface area contributed by atoms with Crippen LogP contribution in [0.25, 0.3) is 17.0 Å². The number of nitrogens with zero attached hydrogens (tertiary/aromatic N) is 4. The molecule has 1 fully saturated rings. The molecule has 158 valence electrons. The van der Waals surface area contributed by atoms with Gasteiger partial charge >= 0.3 is 6.03 Å². The summed E-state index contributed by atoms with van der Waals surface area (Å²) in [5.41, 5.74) is 2.17. The van der Waals surface area contributed by atoms with Crippen molar-refractivity contribution in [3.05, 3.63) is 69.6 Å². The maximum atomic E-state index is 14.4. The lowest BCUT2D eigenvalue weighted by molar-refractivity contribution is 0.136. The number of halogens is 4. The SMILES string of the molecule is O=C(N1CC(=Cc2cc3[nH]nc(Cl)c3cc2F)C1)N1N=CCC1c1cc(F)cc(F)c1. The van der Waals surface area contributed by atoms with E-state index in [1.54, 1.807) is 18.4 Å². The zero-order valence-corrected chi connectivity index (χ0v) is 16.7. The van der Waals surface area contributed by atoms with Crippen LogP contribution in [-0.4, -0.2) is 45.4 Å². The van der Waals surface area contributed by atoms with E-state index in [0.29, 0.717) is 41.5 Å². The Labute approximate surface area is 179 Å². The molecule has 0 bridgehead atoms. The van der Waals surface area contributed by atoms with E-state index in [2.05, 4.69) is 15.3 Å². The molecule has 2 aliphatic rings. The molecule has 1 aromatic heterocycles. The molecule has 1 N–H and O–H groups in total. The maximum absolute atomic E-state index is 14.4. The van der Waals surface area contributed by atoms with Gasteiger partial charge in [-0.15, -0.1) is 0 Å². The minimum absolute atomic E-state index is 0.201. The molecule has 31 heavy (non-hydrogen) atoms. The number of nitrogens with one attached hydrogen (secondary N) is 1. The fourth-order valence-corrected chi connectivity index (χ4v) is 4.01. The Balaban J connectivity index is 1.30. The number of H-pyrrole nitrogens is 1. The number of aromatic nitrogens is 2. The molecule has 1 unspecified atom stereocenters. The van der Waals surface area contributed by atoms with E-state index < -0.39 is 23.5 Å². The van der Waals surface area contributed by atoms with Crippen molar-refractivity contribution in [2.45, 2.75) is 12.5 Å². The smallest absolute Gasteiger partial charge is 0.315 e. The van der Waals surface area contributed by atoms with Crippen molar-refractivity contribution in [1.29, 1.82) is 0 Å². The Morgan fingerprint density at radius 2 is 1.87 bits per heavy atom. The fraction of sp³-hybridized carbons (Fsp3) is 0.190. The van der Waals surface area contributed by atoms with Crippen LogP contribution in [0.4, 0.5) is 18.0 Å².